The third-order valence-corrected chi connectivity index (χ3v) is 11.2. The van der Waals surface area contributed by atoms with Gasteiger partial charge in [0, 0.05) is 50.0 Å². The average molecular weight is 693 g/mol. The maximum absolute atomic E-state index is 14.7. The molecule has 1 aromatic rings. The minimum absolute atomic E-state index is 0.0391. The van der Waals surface area contributed by atoms with Crippen LogP contribution in [0.1, 0.15) is 148 Å². The SMILES string of the molecule is CCCC[C@@H]1CC(C(=O)C[C@@H](CCC)C(=O)C(=O)CC2CC2)N(C(=O)[C@H](CC(=O)[C@H](NC(=O)c2cnccn2)C2CCCCC2)C(C)(C)C)C1. The first-order valence-corrected chi connectivity index (χ1v) is 19.3. The van der Waals surface area contributed by atoms with E-state index >= 15 is 0 Å². The lowest BCUT2D eigenvalue weighted by Crippen LogP contribution is -2.51. The Bertz CT molecular complexity index is 1350. The fourth-order valence-corrected chi connectivity index (χ4v) is 7.99. The Hall–Kier alpha value is -3.30. The van der Waals surface area contributed by atoms with Crippen LogP contribution in [-0.2, 0) is 24.0 Å². The van der Waals surface area contributed by atoms with Crippen molar-refractivity contribution in [1.29, 1.82) is 0 Å². The van der Waals surface area contributed by atoms with Crippen LogP contribution < -0.4 is 5.32 Å². The number of carbonyl (C=O) groups excluding carboxylic acids is 6. The lowest BCUT2D eigenvalue weighted by molar-refractivity contribution is -0.147. The van der Waals surface area contributed by atoms with Crippen LogP contribution in [-0.4, -0.2) is 68.4 Å². The molecule has 1 aliphatic heterocycles. The molecule has 2 aliphatic carbocycles. The number of nitrogens with zero attached hydrogens (tertiary/aromatic N) is 3. The fraction of sp³-hybridized carbons (Fsp3) is 0.750. The average Bonchev–Trinajstić information content (AvgIpc) is 3.82. The third-order valence-electron chi connectivity index (χ3n) is 11.2. The molecule has 3 aliphatic rings. The van der Waals surface area contributed by atoms with E-state index in [4.69, 9.17) is 0 Å². The second-order valence-corrected chi connectivity index (χ2v) is 16.4. The molecule has 2 heterocycles. The molecule has 276 valence electrons. The van der Waals surface area contributed by atoms with Crippen LogP contribution in [0.25, 0.3) is 0 Å². The van der Waals surface area contributed by atoms with Crippen molar-refractivity contribution < 1.29 is 28.8 Å². The summed E-state index contributed by atoms with van der Waals surface area (Å²) in [5, 5.41) is 2.96. The van der Waals surface area contributed by atoms with Crippen molar-refractivity contribution in [2.75, 3.05) is 6.54 Å². The largest absolute Gasteiger partial charge is 0.341 e. The van der Waals surface area contributed by atoms with Crippen molar-refractivity contribution in [3.05, 3.63) is 24.3 Å². The molecule has 0 bridgehead atoms. The zero-order chi connectivity index (χ0) is 36.4. The summed E-state index contributed by atoms with van der Waals surface area (Å²) < 4.78 is 0. The van der Waals surface area contributed by atoms with Crippen molar-refractivity contribution in [3.8, 4) is 0 Å². The molecule has 10 nitrogen and oxygen atoms in total. The summed E-state index contributed by atoms with van der Waals surface area (Å²) in [5.41, 5.74) is -0.473. The van der Waals surface area contributed by atoms with Gasteiger partial charge in [0.25, 0.3) is 5.91 Å². The number of hydrogen-bond donors (Lipinski definition) is 1. The Balaban J connectivity index is 1.56. The predicted molar refractivity (Wildman–Crippen MR) is 191 cm³/mol. The third kappa shape index (κ3) is 10.8. The number of nitrogens with one attached hydrogen (secondary N) is 1. The molecule has 1 saturated heterocycles. The highest BCUT2D eigenvalue weighted by Gasteiger charge is 2.46. The fourth-order valence-electron chi connectivity index (χ4n) is 7.99. The molecule has 4 rings (SSSR count). The minimum atomic E-state index is -0.759. The van der Waals surface area contributed by atoms with E-state index in [1.807, 2.05) is 27.7 Å². The summed E-state index contributed by atoms with van der Waals surface area (Å²) in [6.45, 7) is 10.3. The Morgan fingerprint density at radius 1 is 0.920 bits per heavy atom. The van der Waals surface area contributed by atoms with Crippen LogP contribution in [0, 0.1) is 35.0 Å². The quantitative estimate of drug-likeness (QED) is 0.162. The van der Waals surface area contributed by atoms with E-state index in [1.54, 1.807) is 4.90 Å². The van der Waals surface area contributed by atoms with Gasteiger partial charge >= 0.3 is 0 Å². The highest BCUT2D eigenvalue weighted by Crippen LogP contribution is 2.38. The van der Waals surface area contributed by atoms with Gasteiger partial charge in [-0.3, -0.25) is 33.8 Å². The Morgan fingerprint density at radius 2 is 1.64 bits per heavy atom. The summed E-state index contributed by atoms with van der Waals surface area (Å²) in [6, 6.07) is -1.45. The van der Waals surface area contributed by atoms with Crippen molar-refractivity contribution in [2.45, 2.75) is 149 Å². The van der Waals surface area contributed by atoms with E-state index in [1.165, 1.54) is 18.6 Å². The molecule has 1 aromatic heterocycles. The molecule has 10 heteroatoms. The van der Waals surface area contributed by atoms with E-state index in [9.17, 15) is 28.8 Å². The summed E-state index contributed by atoms with van der Waals surface area (Å²) in [6.07, 6.45) is 15.6. The zero-order valence-corrected chi connectivity index (χ0v) is 31.1. The zero-order valence-electron chi connectivity index (χ0n) is 31.1. The van der Waals surface area contributed by atoms with Crippen molar-refractivity contribution in [1.82, 2.24) is 20.2 Å². The van der Waals surface area contributed by atoms with Gasteiger partial charge in [0.05, 0.1) is 18.3 Å². The van der Waals surface area contributed by atoms with Crippen LogP contribution in [0.15, 0.2) is 18.6 Å². The number of hydrogen-bond acceptors (Lipinski definition) is 8. The molecule has 5 atom stereocenters. The predicted octanol–water partition coefficient (Wildman–Crippen LogP) is 6.50. The standard InChI is InChI=1S/C40H60N4O6/c1-6-8-13-27-20-32(33(45)22-29(12-7-2)37(48)35(47)21-26-16-17-26)44(25-27)39(50)30(40(3,4)5)23-34(46)36(28-14-10-9-11-15-28)43-38(49)31-24-41-18-19-42-31/h18-19,24,26-30,32,36H,6-17,20-23,25H2,1-5H3,(H,43,49)/t27-,29-,30+,32?,36-/m1/s1. The second-order valence-electron chi connectivity index (χ2n) is 16.4. The maximum Gasteiger partial charge on any atom is 0.272 e. The van der Waals surface area contributed by atoms with Crippen molar-refractivity contribution in [3.63, 3.8) is 0 Å². The number of rotatable bonds is 19. The van der Waals surface area contributed by atoms with E-state index in [-0.39, 0.29) is 60.0 Å². The molecule has 0 spiro atoms. The first-order valence-electron chi connectivity index (χ1n) is 19.3. The smallest absolute Gasteiger partial charge is 0.272 e. The highest BCUT2D eigenvalue weighted by atomic mass is 16.2. The van der Waals surface area contributed by atoms with Gasteiger partial charge < -0.3 is 10.2 Å². The minimum Gasteiger partial charge on any atom is -0.341 e. The monoisotopic (exact) mass is 692 g/mol. The summed E-state index contributed by atoms with van der Waals surface area (Å²) in [4.78, 5) is 92.1. The van der Waals surface area contributed by atoms with Crippen LogP contribution in [0.5, 0.6) is 0 Å². The van der Waals surface area contributed by atoms with Gasteiger partial charge in [-0.1, -0.05) is 73.1 Å². The number of Topliss-reactive ketones (excluding diaryl/α,β-unsaturated/α-hetero) is 4. The normalized spacial score (nSPS) is 21.7. The van der Waals surface area contributed by atoms with Gasteiger partial charge in [-0.2, -0.15) is 0 Å². The first-order chi connectivity index (χ1) is 23.8. The van der Waals surface area contributed by atoms with Crippen molar-refractivity contribution >= 4 is 34.9 Å². The van der Waals surface area contributed by atoms with E-state index in [0.29, 0.717) is 31.7 Å². The summed E-state index contributed by atoms with van der Waals surface area (Å²) >= 11 is 0. The Kier molecular flexibility index (Phi) is 14.4. The van der Waals surface area contributed by atoms with Crippen LogP contribution >= 0.6 is 0 Å². The molecule has 1 N–H and O–H groups in total. The molecular weight excluding hydrogens is 632 g/mol. The lowest BCUT2D eigenvalue weighted by Gasteiger charge is -2.37. The van der Waals surface area contributed by atoms with Gasteiger partial charge in [0.15, 0.2) is 17.3 Å². The number of unbranched alkanes of at least 4 members (excludes halogenated alkanes) is 1. The number of ketones is 4. The van der Waals surface area contributed by atoms with Crippen LogP contribution in [0.4, 0.5) is 0 Å². The molecule has 1 unspecified atom stereocenters. The highest BCUT2D eigenvalue weighted by molar-refractivity contribution is 6.38. The number of likely N-dealkylation sites (tertiary alicyclic amines) is 1. The number of carbonyl (C=O) groups is 6. The summed E-state index contributed by atoms with van der Waals surface area (Å²) in [5.74, 6) is -2.85. The molecule has 2 amide bonds. The molecule has 0 aromatic carbocycles. The molecule has 3 fully saturated rings. The van der Waals surface area contributed by atoms with E-state index in [0.717, 1.165) is 64.2 Å². The van der Waals surface area contributed by atoms with Gasteiger partial charge in [-0.25, -0.2) is 4.98 Å². The van der Waals surface area contributed by atoms with Gasteiger partial charge in [-0.05, 0) is 68.1 Å². The molecule has 50 heavy (non-hydrogen) atoms. The first kappa shape index (κ1) is 39.5. The van der Waals surface area contributed by atoms with Gasteiger partial charge in [0.1, 0.15) is 5.69 Å². The maximum atomic E-state index is 14.7. The van der Waals surface area contributed by atoms with E-state index in [2.05, 4.69) is 22.2 Å². The van der Waals surface area contributed by atoms with Crippen molar-refractivity contribution in [2.24, 2.45) is 35.0 Å². The lowest BCUT2D eigenvalue weighted by atomic mass is 9.74. The van der Waals surface area contributed by atoms with Crippen LogP contribution in [0.2, 0.25) is 0 Å². The number of amides is 2. The molecule has 0 radical (unpaired) electrons. The Morgan fingerprint density at radius 3 is 2.24 bits per heavy atom. The number of aromatic nitrogens is 2. The summed E-state index contributed by atoms with van der Waals surface area (Å²) in [7, 11) is 0. The molecular formula is C40H60N4O6. The van der Waals surface area contributed by atoms with E-state index < -0.39 is 41.0 Å². The van der Waals surface area contributed by atoms with Crippen LogP contribution in [0.3, 0.4) is 0 Å². The molecule has 2 saturated carbocycles. The van der Waals surface area contributed by atoms with Gasteiger partial charge in [0.2, 0.25) is 11.7 Å². The Labute approximate surface area is 298 Å². The topological polar surface area (TPSA) is 143 Å². The van der Waals surface area contributed by atoms with Gasteiger partial charge in [-0.15, -0.1) is 0 Å². The second kappa shape index (κ2) is 18.3.